The molecule has 1 aliphatic rings. The summed E-state index contributed by atoms with van der Waals surface area (Å²) in [6.07, 6.45) is 3.89. The van der Waals surface area contributed by atoms with Crippen molar-refractivity contribution in [3.05, 3.63) is 76.3 Å². The lowest BCUT2D eigenvalue weighted by atomic mass is 10.2. The summed E-state index contributed by atoms with van der Waals surface area (Å²) in [5.41, 5.74) is 4.64. The predicted molar refractivity (Wildman–Crippen MR) is 112 cm³/mol. The van der Waals surface area contributed by atoms with E-state index in [0.717, 1.165) is 44.1 Å². The Morgan fingerprint density at radius 3 is 2.22 bits per heavy atom. The summed E-state index contributed by atoms with van der Waals surface area (Å²) in [7, 11) is 0. The van der Waals surface area contributed by atoms with E-state index in [0.29, 0.717) is 10.0 Å². The summed E-state index contributed by atoms with van der Waals surface area (Å²) in [5, 5.41) is 1.24. The highest BCUT2D eigenvalue weighted by atomic mass is 35.5. The Hall–Kier alpha value is -2.01. The van der Waals surface area contributed by atoms with Crippen molar-refractivity contribution in [2.45, 2.75) is 13.5 Å². The Morgan fingerprint density at radius 1 is 0.889 bits per heavy atom. The van der Waals surface area contributed by atoms with Gasteiger partial charge in [-0.15, -0.1) is 0 Å². The van der Waals surface area contributed by atoms with E-state index in [4.69, 9.17) is 23.2 Å². The number of aryl methyl sites for hydroxylation is 1. The number of nitrogens with zero attached hydrogens (tertiary/aromatic N) is 4. The third kappa shape index (κ3) is 4.29. The van der Waals surface area contributed by atoms with Gasteiger partial charge in [0.15, 0.2) is 0 Å². The Morgan fingerprint density at radius 2 is 1.59 bits per heavy atom. The number of hydrogen-bond acceptors (Lipinski definition) is 3. The molecule has 2 heterocycles. The van der Waals surface area contributed by atoms with Crippen LogP contribution in [-0.4, -0.2) is 40.6 Å². The van der Waals surface area contributed by atoms with Gasteiger partial charge in [0.25, 0.3) is 0 Å². The molecule has 3 aromatic rings. The molecule has 0 saturated carbocycles. The first-order chi connectivity index (χ1) is 13.1. The molecule has 1 aliphatic heterocycles. The maximum atomic E-state index is 6.13. The second-order valence-electron chi connectivity index (χ2n) is 6.95. The molecule has 0 spiro atoms. The quantitative estimate of drug-likeness (QED) is 0.627. The Balaban J connectivity index is 1.35. The van der Waals surface area contributed by atoms with E-state index in [1.807, 2.05) is 36.1 Å². The number of benzene rings is 2. The van der Waals surface area contributed by atoms with Gasteiger partial charge in [0.05, 0.1) is 22.1 Å². The maximum Gasteiger partial charge on any atom is 0.0995 e. The van der Waals surface area contributed by atoms with Gasteiger partial charge >= 0.3 is 0 Å². The average molecular weight is 401 g/mol. The van der Waals surface area contributed by atoms with E-state index < -0.39 is 0 Å². The number of piperazine rings is 1. The van der Waals surface area contributed by atoms with E-state index in [1.54, 1.807) is 0 Å². The lowest BCUT2D eigenvalue weighted by Crippen LogP contribution is -2.45. The molecule has 0 radical (unpaired) electrons. The second-order valence-corrected chi connectivity index (χ2v) is 7.76. The molecule has 27 heavy (non-hydrogen) atoms. The van der Waals surface area contributed by atoms with E-state index in [1.165, 1.54) is 11.3 Å². The van der Waals surface area contributed by atoms with Gasteiger partial charge in [-0.05, 0) is 48.9 Å². The van der Waals surface area contributed by atoms with Gasteiger partial charge in [-0.25, -0.2) is 4.98 Å². The fraction of sp³-hybridized carbons (Fsp3) is 0.286. The van der Waals surface area contributed by atoms with Gasteiger partial charge in [-0.2, -0.15) is 0 Å². The molecule has 1 fully saturated rings. The number of hydrogen-bond donors (Lipinski definition) is 0. The van der Waals surface area contributed by atoms with Gasteiger partial charge in [-0.1, -0.05) is 29.3 Å². The molecule has 0 aliphatic carbocycles. The number of anilines is 1. The van der Waals surface area contributed by atoms with Gasteiger partial charge in [0.2, 0.25) is 0 Å². The number of aromatic nitrogens is 2. The van der Waals surface area contributed by atoms with Crippen LogP contribution in [0.25, 0.3) is 5.69 Å². The van der Waals surface area contributed by atoms with Crippen LogP contribution in [0.15, 0.2) is 55.0 Å². The second kappa shape index (κ2) is 7.93. The van der Waals surface area contributed by atoms with Crippen LogP contribution in [-0.2, 0) is 6.54 Å². The Kier molecular flexibility index (Phi) is 5.39. The highest BCUT2D eigenvalue weighted by Crippen LogP contribution is 2.24. The van der Waals surface area contributed by atoms with E-state index >= 15 is 0 Å². The third-order valence-electron chi connectivity index (χ3n) is 4.99. The Bertz CT molecular complexity index is 912. The molecule has 0 amide bonds. The van der Waals surface area contributed by atoms with Gasteiger partial charge in [-0.3, -0.25) is 4.90 Å². The minimum Gasteiger partial charge on any atom is -0.369 e. The van der Waals surface area contributed by atoms with E-state index in [9.17, 15) is 0 Å². The molecule has 0 unspecified atom stereocenters. The van der Waals surface area contributed by atoms with Crippen LogP contribution in [0.3, 0.4) is 0 Å². The minimum absolute atomic E-state index is 0.611. The lowest BCUT2D eigenvalue weighted by Gasteiger charge is -2.36. The summed E-state index contributed by atoms with van der Waals surface area (Å²) in [6, 6.07) is 14.6. The number of imidazole rings is 1. The molecular formula is C21H22Cl2N4. The van der Waals surface area contributed by atoms with Crippen molar-refractivity contribution in [1.29, 1.82) is 0 Å². The van der Waals surface area contributed by atoms with Crippen molar-refractivity contribution in [3.8, 4) is 5.69 Å². The van der Waals surface area contributed by atoms with E-state index in [-0.39, 0.29) is 0 Å². The van der Waals surface area contributed by atoms with Crippen LogP contribution in [0.2, 0.25) is 10.0 Å². The highest BCUT2D eigenvalue weighted by molar-refractivity contribution is 6.42. The average Bonchev–Trinajstić information content (AvgIpc) is 3.12. The van der Waals surface area contributed by atoms with Crippen molar-refractivity contribution in [1.82, 2.24) is 14.5 Å². The van der Waals surface area contributed by atoms with Crippen molar-refractivity contribution in [2.75, 3.05) is 31.1 Å². The smallest absolute Gasteiger partial charge is 0.0995 e. The fourth-order valence-electron chi connectivity index (χ4n) is 3.46. The maximum absolute atomic E-state index is 6.13. The summed E-state index contributed by atoms with van der Waals surface area (Å²) >= 11 is 12.1. The number of rotatable bonds is 4. The topological polar surface area (TPSA) is 24.3 Å². The lowest BCUT2D eigenvalue weighted by molar-refractivity contribution is 0.250. The van der Waals surface area contributed by atoms with Crippen molar-refractivity contribution >= 4 is 28.9 Å². The van der Waals surface area contributed by atoms with Crippen molar-refractivity contribution in [2.24, 2.45) is 0 Å². The fourth-order valence-corrected chi connectivity index (χ4v) is 3.78. The van der Waals surface area contributed by atoms with Crippen LogP contribution in [0.5, 0.6) is 0 Å². The zero-order valence-electron chi connectivity index (χ0n) is 15.3. The molecular weight excluding hydrogens is 379 g/mol. The molecule has 1 aromatic heterocycles. The first-order valence-corrected chi connectivity index (χ1v) is 9.86. The van der Waals surface area contributed by atoms with Gasteiger partial charge in [0.1, 0.15) is 0 Å². The molecule has 4 nitrogen and oxygen atoms in total. The normalized spacial score (nSPS) is 15.3. The molecule has 6 heteroatoms. The number of halogens is 2. The van der Waals surface area contributed by atoms with Crippen LogP contribution >= 0.6 is 23.2 Å². The van der Waals surface area contributed by atoms with Gasteiger partial charge < -0.3 is 9.47 Å². The van der Waals surface area contributed by atoms with E-state index in [2.05, 4.69) is 45.1 Å². The first-order valence-electron chi connectivity index (χ1n) is 9.11. The molecule has 0 atom stereocenters. The van der Waals surface area contributed by atoms with Crippen molar-refractivity contribution in [3.63, 3.8) is 0 Å². The van der Waals surface area contributed by atoms with Crippen LogP contribution in [0.4, 0.5) is 5.69 Å². The predicted octanol–water partition coefficient (Wildman–Crippen LogP) is 4.81. The minimum atomic E-state index is 0.611. The summed E-state index contributed by atoms with van der Waals surface area (Å²) in [6.45, 7) is 7.01. The first kappa shape index (κ1) is 18.4. The molecule has 1 saturated heterocycles. The van der Waals surface area contributed by atoms with Gasteiger partial charge in [0, 0.05) is 50.3 Å². The Labute approximate surface area is 169 Å². The van der Waals surface area contributed by atoms with Crippen molar-refractivity contribution < 1.29 is 0 Å². The summed E-state index contributed by atoms with van der Waals surface area (Å²) < 4.78 is 2.05. The zero-order valence-corrected chi connectivity index (χ0v) is 16.8. The third-order valence-corrected chi connectivity index (χ3v) is 5.73. The standard InChI is InChI=1S/C21H22Cl2N4/c1-16-13-27(15-24-16)19-5-3-18(4-6-19)26-10-8-25(9-11-26)14-17-2-7-20(22)21(23)12-17/h2-7,12-13,15H,8-11,14H2,1H3. The molecule has 140 valence electrons. The summed E-state index contributed by atoms with van der Waals surface area (Å²) in [4.78, 5) is 9.19. The highest BCUT2D eigenvalue weighted by Gasteiger charge is 2.17. The molecule has 0 bridgehead atoms. The van der Waals surface area contributed by atoms with Crippen LogP contribution in [0, 0.1) is 6.92 Å². The summed E-state index contributed by atoms with van der Waals surface area (Å²) in [5.74, 6) is 0. The molecule has 0 N–H and O–H groups in total. The molecule has 4 rings (SSSR count). The monoisotopic (exact) mass is 400 g/mol. The van der Waals surface area contributed by atoms with Crippen LogP contribution < -0.4 is 4.90 Å². The molecule has 2 aromatic carbocycles. The largest absolute Gasteiger partial charge is 0.369 e. The zero-order chi connectivity index (χ0) is 18.8. The van der Waals surface area contributed by atoms with Crippen LogP contribution in [0.1, 0.15) is 11.3 Å². The SMILES string of the molecule is Cc1cn(-c2ccc(N3CCN(Cc4ccc(Cl)c(Cl)c4)CC3)cc2)cn1.